The predicted molar refractivity (Wildman–Crippen MR) is 70.1 cm³/mol. The lowest BCUT2D eigenvalue weighted by atomic mass is 9.95. The van der Waals surface area contributed by atoms with Crippen LogP contribution in [0, 0.1) is 0 Å². The van der Waals surface area contributed by atoms with E-state index in [4.69, 9.17) is 11.6 Å². The van der Waals surface area contributed by atoms with Crippen molar-refractivity contribution in [3.8, 4) is 5.69 Å². The van der Waals surface area contributed by atoms with Crippen LogP contribution < -0.4 is 0 Å². The van der Waals surface area contributed by atoms with Gasteiger partial charge in [-0.15, -0.1) is 10.2 Å². The quantitative estimate of drug-likeness (QED) is 0.789. The van der Waals surface area contributed by atoms with Crippen LogP contribution in [0.4, 0.5) is 13.2 Å². The van der Waals surface area contributed by atoms with Gasteiger partial charge in [-0.3, -0.25) is 4.57 Å². The maximum absolute atomic E-state index is 13.1. The lowest BCUT2D eigenvalue weighted by molar-refractivity contribution is -0.137. The van der Waals surface area contributed by atoms with E-state index in [1.807, 2.05) is 20.8 Å². The fourth-order valence-corrected chi connectivity index (χ4v) is 2.08. The molecule has 7 heteroatoms. The van der Waals surface area contributed by atoms with E-state index in [9.17, 15) is 13.2 Å². The maximum Gasteiger partial charge on any atom is 0.418 e. The fraction of sp³-hybridized carbons (Fsp3) is 0.385. The van der Waals surface area contributed by atoms with Crippen LogP contribution in [0.5, 0.6) is 0 Å². The van der Waals surface area contributed by atoms with Gasteiger partial charge in [-0.25, -0.2) is 0 Å². The molecule has 2 rings (SSSR count). The number of rotatable bonds is 1. The second-order valence-corrected chi connectivity index (χ2v) is 5.73. The molecule has 0 saturated heterocycles. The van der Waals surface area contributed by atoms with E-state index in [1.165, 1.54) is 22.8 Å². The molecule has 3 nitrogen and oxygen atoms in total. The molecule has 0 fully saturated rings. The van der Waals surface area contributed by atoms with Crippen molar-refractivity contribution in [2.24, 2.45) is 0 Å². The van der Waals surface area contributed by atoms with Crippen molar-refractivity contribution < 1.29 is 13.2 Å². The first kappa shape index (κ1) is 14.8. The van der Waals surface area contributed by atoms with Crippen LogP contribution in [-0.4, -0.2) is 14.8 Å². The predicted octanol–water partition coefficient (Wildman–Crippen LogP) is 4.24. The Kier molecular flexibility index (Phi) is 3.54. The van der Waals surface area contributed by atoms with E-state index in [2.05, 4.69) is 10.2 Å². The fourth-order valence-electron chi connectivity index (χ4n) is 1.87. The Morgan fingerprint density at radius 3 is 2.20 bits per heavy atom. The number of hydrogen-bond donors (Lipinski definition) is 0. The summed E-state index contributed by atoms with van der Waals surface area (Å²) in [5.41, 5.74) is -1.33. The number of benzene rings is 1. The summed E-state index contributed by atoms with van der Waals surface area (Å²) in [6, 6.07) is 5.22. The molecule has 0 radical (unpaired) electrons. The first-order valence-electron chi connectivity index (χ1n) is 5.90. The summed E-state index contributed by atoms with van der Waals surface area (Å²) in [5.74, 6) is 0.374. The Balaban J connectivity index is 2.74. The molecule has 0 amide bonds. The zero-order valence-corrected chi connectivity index (χ0v) is 11.9. The highest BCUT2D eigenvalue weighted by Gasteiger charge is 2.35. The minimum absolute atomic E-state index is 0.0695. The number of halogens is 4. The van der Waals surface area contributed by atoms with E-state index in [0.29, 0.717) is 5.82 Å². The molecule has 0 aliphatic heterocycles. The van der Waals surface area contributed by atoms with Crippen LogP contribution in [0.1, 0.15) is 32.2 Å². The van der Waals surface area contributed by atoms with E-state index >= 15 is 0 Å². The Morgan fingerprint density at radius 1 is 1.05 bits per heavy atom. The zero-order valence-electron chi connectivity index (χ0n) is 11.2. The van der Waals surface area contributed by atoms with Crippen molar-refractivity contribution in [3.05, 3.63) is 40.9 Å². The number of hydrogen-bond acceptors (Lipinski definition) is 2. The number of aromatic nitrogens is 3. The molecule has 20 heavy (non-hydrogen) atoms. The molecule has 0 aliphatic rings. The molecule has 0 spiro atoms. The average Bonchev–Trinajstić information content (AvgIpc) is 2.69. The normalized spacial score (nSPS) is 12.8. The molecular formula is C13H13ClF3N3. The van der Waals surface area contributed by atoms with Gasteiger partial charge in [-0.2, -0.15) is 13.2 Å². The summed E-state index contributed by atoms with van der Waals surface area (Å²) in [5, 5.41) is 7.50. The van der Waals surface area contributed by atoms with Crippen LogP contribution in [0.15, 0.2) is 24.3 Å². The van der Waals surface area contributed by atoms with Gasteiger partial charge in [0.05, 0.1) is 11.3 Å². The van der Waals surface area contributed by atoms with E-state index < -0.39 is 17.2 Å². The van der Waals surface area contributed by atoms with Crippen molar-refractivity contribution in [1.82, 2.24) is 14.8 Å². The number of nitrogens with zero attached hydrogens (tertiary/aromatic N) is 3. The molecule has 0 saturated carbocycles. The lowest BCUT2D eigenvalue weighted by Crippen LogP contribution is -2.20. The molecule has 0 bridgehead atoms. The molecule has 2 aromatic rings. The first-order chi connectivity index (χ1) is 9.12. The summed E-state index contributed by atoms with van der Waals surface area (Å²) >= 11 is 5.93. The largest absolute Gasteiger partial charge is 0.418 e. The van der Waals surface area contributed by atoms with E-state index in [0.717, 1.165) is 6.07 Å². The summed E-state index contributed by atoms with van der Waals surface area (Å²) in [6.07, 6.45) is -4.47. The Bertz CT molecular complexity index is 627. The van der Waals surface area contributed by atoms with E-state index in [1.54, 1.807) is 0 Å². The smallest absolute Gasteiger partial charge is 0.269 e. The Hall–Kier alpha value is -1.56. The third-order valence-electron chi connectivity index (χ3n) is 2.74. The second kappa shape index (κ2) is 4.77. The van der Waals surface area contributed by atoms with Crippen molar-refractivity contribution in [1.29, 1.82) is 0 Å². The highest BCUT2D eigenvalue weighted by Crippen LogP contribution is 2.36. The molecule has 0 unspecified atom stereocenters. The van der Waals surface area contributed by atoms with Gasteiger partial charge in [0.25, 0.3) is 0 Å². The summed E-state index contributed by atoms with van der Waals surface area (Å²) in [4.78, 5) is 0. The maximum atomic E-state index is 13.1. The van der Waals surface area contributed by atoms with Crippen molar-refractivity contribution >= 4 is 11.6 Å². The molecule has 1 aromatic heterocycles. The number of para-hydroxylation sites is 1. The highest BCUT2D eigenvalue weighted by molar-refractivity contribution is 6.28. The molecule has 1 heterocycles. The Morgan fingerprint density at radius 2 is 1.65 bits per heavy atom. The van der Waals surface area contributed by atoms with Gasteiger partial charge >= 0.3 is 6.18 Å². The van der Waals surface area contributed by atoms with Crippen molar-refractivity contribution in [3.63, 3.8) is 0 Å². The first-order valence-corrected chi connectivity index (χ1v) is 6.28. The van der Waals surface area contributed by atoms with Crippen molar-refractivity contribution in [2.45, 2.75) is 32.4 Å². The molecule has 0 atom stereocenters. The third kappa shape index (κ3) is 2.65. The summed E-state index contributed by atoms with van der Waals surface area (Å²) in [7, 11) is 0. The van der Waals surface area contributed by atoms with Crippen LogP contribution in [0.25, 0.3) is 5.69 Å². The second-order valence-electron chi connectivity index (χ2n) is 5.39. The van der Waals surface area contributed by atoms with Crippen LogP contribution in [-0.2, 0) is 11.6 Å². The average molecular weight is 304 g/mol. The van der Waals surface area contributed by atoms with Gasteiger partial charge in [0, 0.05) is 5.41 Å². The van der Waals surface area contributed by atoms with Crippen LogP contribution >= 0.6 is 11.6 Å². The molecule has 0 N–H and O–H groups in total. The molecule has 108 valence electrons. The lowest BCUT2D eigenvalue weighted by Gasteiger charge is -2.21. The number of alkyl halides is 3. The van der Waals surface area contributed by atoms with Crippen LogP contribution in [0.3, 0.4) is 0 Å². The van der Waals surface area contributed by atoms with Crippen molar-refractivity contribution in [2.75, 3.05) is 0 Å². The third-order valence-corrected chi connectivity index (χ3v) is 2.99. The van der Waals surface area contributed by atoms with Crippen LogP contribution in [0.2, 0.25) is 5.28 Å². The molecule has 1 aromatic carbocycles. The minimum atomic E-state index is -4.47. The van der Waals surface area contributed by atoms with Gasteiger partial charge in [0.2, 0.25) is 5.28 Å². The van der Waals surface area contributed by atoms with Gasteiger partial charge in [-0.1, -0.05) is 32.9 Å². The highest BCUT2D eigenvalue weighted by atomic mass is 35.5. The zero-order chi connectivity index (χ0) is 15.1. The minimum Gasteiger partial charge on any atom is -0.269 e. The molecule has 0 aliphatic carbocycles. The topological polar surface area (TPSA) is 30.7 Å². The molecular weight excluding hydrogens is 291 g/mol. The summed E-state index contributed by atoms with van der Waals surface area (Å²) < 4.78 is 40.5. The van der Waals surface area contributed by atoms with Gasteiger partial charge in [-0.05, 0) is 23.7 Å². The summed E-state index contributed by atoms with van der Waals surface area (Å²) in [6.45, 7) is 5.50. The van der Waals surface area contributed by atoms with Gasteiger partial charge in [0.15, 0.2) is 0 Å². The van der Waals surface area contributed by atoms with Gasteiger partial charge < -0.3 is 0 Å². The van der Waals surface area contributed by atoms with Gasteiger partial charge in [0.1, 0.15) is 5.82 Å². The SMILES string of the molecule is CC(C)(C)c1nnc(Cl)n1-c1ccccc1C(F)(F)F. The Labute approximate surface area is 119 Å². The standard InChI is InChI=1S/C13H13ClF3N3/c1-12(2,3)10-18-19-11(14)20(10)9-7-5-4-6-8(9)13(15,16)17/h4-7H,1-3H3. The van der Waals surface area contributed by atoms with E-state index in [-0.39, 0.29) is 11.0 Å². The monoisotopic (exact) mass is 303 g/mol.